The molecule has 0 heterocycles. The Bertz CT molecular complexity index is 366. The molecule has 1 aromatic carbocycles. The molecular formula is C11H12BrClOS. The number of benzene rings is 1. The van der Waals surface area contributed by atoms with Crippen LogP contribution in [0.15, 0.2) is 23.1 Å². The first kappa shape index (κ1) is 13.1. The van der Waals surface area contributed by atoms with Gasteiger partial charge in [-0.1, -0.05) is 22.0 Å². The van der Waals surface area contributed by atoms with Gasteiger partial charge in [-0.25, -0.2) is 0 Å². The van der Waals surface area contributed by atoms with Gasteiger partial charge in [0, 0.05) is 15.8 Å². The van der Waals surface area contributed by atoms with E-state index in [0.29, 0.717) is 5.33 Å². The van der Waals surface area contributed by atoms with Gasteiger partial charge in [0.25, 0.3) is 0 Å². The van der Waals surface area contributed by atoms with Crippen LogP contribution < -0.4 is 0 Å². The summed E-state index contributed by atoms with van der Waals surface area (Å²) in [7, 11) is 0. The fourth-order valence-corrected chi connectivity index (χ4v) is 2.29. The Morgan fingerprint density at radius 1 is 1.60 bits per heavy atom. The maximum atomic E-state index is 11.8. The Kier molecular flexibility index (Phi) is 5.16. The summed E-state index contributed by atoms with van der Waals surface area (Å²) >= 11 is 10.8. The Hall–Kier alpha value is 0.01000. The number of carbonyl (C=O) groups excluding carboxylic acids is 1. The molecule has 0 saturated heterocycles. The van der Waals surface area contributed by atoms with E-state index in [1.807, 2.05) is 24.5 Å². The van der Waals surface area contributed by atoms with Gasteiger partial charge in [0.15, 0.2) is 5.78 Å². The summed E-state index contributed by atoms with van der Waals surface area (Å²) in [4.78, 5) is 12.9. The van der Waals surface area contributed by atoms with E-state index in [2.05, 4.69) is 15.9 Å². The molecule has 15 heavy (non-hydrogen) atoms. The van der Waals surface area contributed by atoms with Crippen molar-refractivity contribution in [3.05, 3.63) is 29.3 Å². The highest BCUT2D eigenvalue weighted by atomic mass is 79.9. The minimum atomic E-state index is -0.472. The molecular weight excluding hydrogens is 296 g/mol. The minimum Gasteiger partial charge on any atom is -0.293 e. The van der Waals surface area contributed by atoms with Gasteiger partial charge >= 0.3 is 0 Å². The number of Topliss-reactive ketones (excluding diaryl/α,β-unsaturated/α-hetero) is 1. The van der Waals surface area contributed by atoms with Crippen molar-refractivity contribution >= 4 is 45.1 Å². The number of rotatable bonds is 4. The molecule has 0 aliphatic heterocycles. The number of hydrogen-bond donors (Lipinski definition) is 0. The largest absolute Gasteiger partial charge is 0.293 e. The average molecular weight is 308 g/mol. The van der Waals surface area contributed by atoms with Gasteiger partial charge in [0.1, 0.15) is 0 Å². The standard InChI is InChI=1S/C11H12BrClOS/c1-7(13)11(14)10-5-9(15-2)4-3-8(10)6-12/h3-5,7H,6H2,1-2H3. The van der Waals surface area contributed by atoms with E-state index in [9.17, 15) is 4.79 Å². The van der Waals surface area contributed by atoms with Crippen LogP contribution in [0.25, 0.3) is 0 Å². The van der Waals surface area contributed by atoms with Crippen molar-refractivity contribution < 1.29 is 4.79 Å². The van der Waals surface area contributed by atoms with E-state index in [1.165, 1.54) is 0 Å². The summed E-state index contributed by atoms with van der Waals surface area (Å²) < 4.78 is 0. The highest BCUT2D eigenvalue weighted by molar-refractivity contribution is 9.08. The molecule has 0 amide bonds. The lowest BCUT2D eigenvalue weighted by molar-refractivity contribution is 0.0991. The zero-order valence-electron chi connectivity index (χ0n) is 8.59. The molecule has 0 aliphatic rings. The Balaban J connectivity index is 3.17. The lowest BCUT2D eigenvalue weighted by Gasteiger charge is -2.09. The van der Waals surface area contributed by atoms with Crippen molar-refractivity contribution in [1.29, 1.82) is 0 Å². The van der Waals surface area contributed by atoms with E-state index in [-0.39, 0.29) is 5.78 Å². The topological polar surface area (TPSA) is 17.1 Å². The zero-order chi connectivity index (χ0) is 11.4. The van der Waals surface area contributed by atoms with E-state index in [1.54, 1.807) is 18.7 Å². The van der Waals surface area contributed by atoms with Crippen LogP contribution in [0, 0.1) is 0 Å². The Morgan fingerprint density at radius 3 is 2.73 bits per heavy atom. The second-order valence-corrected chi connectivity index (χ2v) is 5.23. The summed E-state index contributed by atoms with van der Waals surface area (Å²) in [5.41, 5.74) is 1.71. The SMILES string of the molecule is CSc1ccc(CBr)c(C(=O)C(C)Cl)c1. The molecule has 82 valence electrons. The molecule has 1 nitrogen and oxygen atoms in total. The molecule has 0 N–H and O–H groups in total. The quantitative estimate of drug-likeness (QED) is 0.473. The number of hydrogen-bond acceptors (Lipinski definition) is 2. The summed E-state index contributed by atoms with van der Waals surface area (Å²) in [6, 6.07) is 5.88. The smallest absolute Gasteiger partial charge is 0.180 e. The highest BCUT2D eigenvalue weighted by Gasteiger charge is 2.16. The van der Waals surface area contributed by atoms with Crippen molar-refractivity contribution in [3.8, 4) is 0 Å². The minimum absolute atomic E-state index is 0.0120. The first-order valence-corrected chi connectivity index (χ1v) is 7.29. The number of halogens is 2. The number of ketones is 1. The van der Waals surface area contributed by atoms with E-state index in [4.69, 9.17) is 11.6 Å². The predicted octanol–water partition coefficient (Wildman–Crippen LogP) is 4.11. The van der Waals surface area contributed by atoms with Crippen LogP contribution in [-0.4, -0.2) is 17.4 Å². The van der Waals surface area contributed by atoms with Gasteiger partial charge < -0.3 is 0 Å². The molecule has 0 fully saturated rings. The number of carbonyl (C=O) groups is 1. The van der Waals surface area contributed by atoms with E-state index in [0.717, 1.165) is 16.0 Å². The summed E-state index contributed by atoms with van der Waals surface area (Å²) in [6.45, 7) is 1.70. The molecule has 1 atom stereocenters. The fraction of sp³-hybridized carbons (Fsp3) is 0.364. The predicted molar refractivity (Wildman–Crippen MR) is 70.5 cm³/mol. The van der Waals surface area contributed by atoms with Crippen LogP contribution >= 0.6 is 39.3 Å². The van der Waals surface area contributed by atoms with Gasteiger partial charge in [0.2, 0.25) is 0 Å². The van der Waals surface area contributed by atoms with Crippen LogP contribution in [0.1, 0.15) is 22.8 Å². The Labute approximate surface area is 108 Å². The van der Waals surface area contributed by atoms with Crippen LogP contribution in [0.5, 0.6) is 0 Å². The van der Waals surface area contributed by atoms with E-state index < -0.39 is 5.38 Å². The average Bonchev–Trinajstić information content (AvgIpc) is 2.27. The second kappa shape index (κ2) is 5.92. The third-order valence-corrected chi connectivity index (χ3v) is 3.62. The first-order chi connectivity index (χ1) is 7.10. The first-order valence-electron chi connectivity index (χ1n) is 4.51. The third kappa shape index (κ3) is 3.23. The van der Waals surface area contributed by atoms with Crippen molar-refractivity contribution in [3.63, 3.8) is 0 Å². The molecule has 0 radical (unpaired) electrons. The fourth-order valence-electron chi connectivity index (χ4n) is 1.24. The molecule has 1 unspecified atom stereocenters. The third-order valence-electron chi connectivity index (χ3n) is 2.09. The van der Waals surface area contributed by atoms with Gasteiger partial charge in [-0.3, -0.25) is 4.79 Å². The maximum absolute atomic E-state index is 11.8. The lowest BCUT2D eigenvalue weighted by atomic mass is 10.0. The van der Waals surface area contributed by atoms with Gasteiger partial charge in [-0.05, 0) is 30.9 Å². The summed E-state index contributed by atoms with van der Waals surface area (Å²) in [6.07, 6.45) is 1.99. The molecule has 4 heteroatoms. The molecule has 0 aliphatic carbocycles. The zero-order valence-corrected chi connectivity index (χ0v) is 11.7. The van der Waals surface area contributed by atoms with E-state index >= 15 is 0 Å². The lowest BCUT2D eigenvalue weighted by Crippen LogP contribution is -2.12. The van der Waals surface area contributed by atoms with Crippen LogP contribution in [-0.2, 0) is 5.33 Å². The Morgan fingerprint density at radius 2 is 2.27 bits per heavy atom. The molecule has 0 spiro atoms. The molecule has 1 rings (SSSR count). The molecule has 0 saturated carbocycles. The van der Waals surface area contributed by atoms with Crippen LogP contribution in [0.2, 0.25) is 0 Å². The monoisotopic (exact) mass is 306 g/mol. The van der Waals surface area contributed by atoms with Crippen LogP contribution in [0.4, 0.5) is 0 Å². The number of thioether (sulfide) groups is 1. The van der Waals surface area contributed by atoms with Crippen molar-refractivity contribution in [2.24, 2.45) is 0 Å². The van der Waals surface area contributed by atoms with Crippen LogP contribution in [0.3, 0.4) is 0 Å². The van der Waals surface area contributed by atoms with Crippen molar-refractivity contribution in [2.75, 3.05) is 6.26 Å². The summed E-state index contributed by atoms with van der Waals surface area (Å²) in [5, 5.41) is 0.201. The highest BCUT2D eigenvalue weighted by Crippen LogP contribution is 2.23. The number of alkyl halides is 2. The van der Waals surface area contributed by atoms with Crippen molar-refractivity contribution in [1.82, 2.24) is 0 Å². The normalized spacial score (nSPS) is 12.5. The molecule has 0 bridgehead atoms. The molecule has 0 aromatic heterocycles. The van der Waals surface area contributed by atoms with Gasteiger partial charge in [-0.2, -0.15) is 0 Å². The maximum Gasteiger partial charge on any atom is 0.180 e. The second-order valence-electron chi connectivity index (χ2n) is 3.14. The van der Waals surface area contributed by atoms with Crippen molar-refractivity contribution in [2.45, 2.75) is 22.5 Å². The van der Waals surface area contributed by atoms with Gasteiger partial charge in [-0.15, -0.1) is 23.4 Å². The van der Waals surface area contributed by atoms with Gasteiger partial charge in [0.05, 0.1) is 5.38 Å². The molecule has 1 aromatic rings. The summed E-state index contributed by atoms with van der Waals surface area (Å²) in [5.74, 6) is -0.0120.